The van der Waals surface area contributed by atoms with Crippen LogP contribution < -0.4 is 19.2 Å². The molecule has 1 amide bonds. The number of nitrogens with one attached hydrogen (secondary N) is 1. The minimum atomic E-state index is -3.81. The summed E-state index contributed by atoms with van der Waals surface area (Å²) in [4.78, 5) is 24.0. The van der Waals surface area contributed by atoms with E-state index in [1.165, 1.54) is 20.2 Å². The Hall–Kier alpha value is -4.38. The Bertz CT molecular complexity index is 1340. The van der Waals surface area contributed by atoms with Crippen molar-refractivity contribution < 1.29 is 32.2 Å². The number of rotatable bonds is 11. The molecule has 3 aromatic rings. The summed E-state index contributed by atoms with van der Waals surface area (Å²) >= 11 is 0. The third kappa shape index (κ3) is 8.07. The first kappa shape index (κ1) is 27.2. The Balaban J connectivity index is 1.66. The number of hydrogen-bond acceptors (Lipinski definition) is 8. The summed E-state index contributed by atoms with van der Waals surface area (Å²) in [7, 11) is -2.54. The zero-order chi connectivity index (χ0) is 26.8. The van der Waals surface area contributed by atoms with E-state index >= 15 is 0 Å². The van der Waals surface area contributed by atoms with Gasteiger partial charge in [0, 0.05) is 0 Å². The molecule has 1 N–H and O–H groups in total. The summed E-state index contributed by atoms with van der Waals surface area (Å²) in [5.74, 6) is 0.416. The molecule has 0 heterocycles. The van der Waals surface area contributed by atoms with Gasteiger partial charge in [-0.3, -0.25) is 9.10 Å². The molecule has 0 spiro atoms. The Morgan fingerprint density at radius 3 is 2.27 bits per heavy atom. The third-order valence-electron chi connectivity index (χ3n) is 4.99. The van der Waals surface area contributed by atoms with Crippen LogP contribution in [0.15, 0.2) is 84.0 Å². The van der Waals surface area contributed by atoms with Crippen LogP contribution in [0.3, 0.4) is 0 Å². The van der Waals surface area contributed by atoms with E-state index in [0.717, 1.165) is 10.6 Å². The smallest absolute Gasteiger partial charge is 0.343 e. The molecule has 0 radical (unpaired) electrons. The molecule has 37 heavy (non-hydrogen) atoms. The van der Waals surface area contributed by atoms with Crippen molar-refractivity contribution in [3.05, 3.63) is 84.4 Å². The maximum Gasteiger partial charge on any atom is 0.343 e. The quantitative estimate of drug-likeness (QED) is 0.231. The standard InChI is InChI=1S/C26H27N3O7S/c1-19(26(31)28-27-17-20-8-7-11-24(16-20)35-18-25(30)34-2)29(37(3,32)33)21-12-14-23(15-13-21)36-22-9-5-4-6-10-22/h4-17,19H,18H2,1-3H3,(H,28,31)/b27-17-/t19-/m1/s1. The largest absolute Gasteiger partial charge is 0.482 e. The van der Waals surface area contributed by atoms with Crippen LogP contribution in [0.2, 0.25) is 0 Å². The van der Waals surface area contributed by atoms with Crippen LogP contribution in [0.25, 0.3) is 0 Å². The number of ether oxygens (including phenoxy) is 3. The van der Waals surface area contributed by atoms with Crippen molar-refractivity contribution in [2.75, 3.05) is 24.3 Å². The summed E-state index contributed by atoms with van der Waals surface area (Å²) in [5.41, 5.74) is 3.24. The number of methoxy groups -OCH3 is 1. The number of hydrogen-bond donors (Lipinski definition) is 1. The van der Waals surface area contributed by atoms with Crippen molar-refractivity contribution in [3.8, 4) is 17.2 Å². The van der Waals surface area contributed by atoms with Crippen molar-refractivity contribution in [3.63, 3.8) is 0 Å². The van der Waals surface area contributed by atoms with Crippen molar-refractivity contribution in [2.24, 2.45) is 5.10 Å². The molecule has 0 aromatic heterocycles. The fourth-order valence-electron chi connectivity index (χ4n) is 3.24. The number of anilines is 1. The highest BCUT2D eigenvalue weighted by molar-refractivity contribution is 7.92. The van der Waals surface area contributed by atoms with Gasteiger partial charge in [-0.1, -0.05) is 30.3 Å². The van der Waals surface area contributed by atoms with Crippen LogP contribution in [0.5, 0.6) is 17.2 Å². The number of amides is 1. The molecule has 0 saturated heterocycles. The molecule has 3 rings (SSSR count). The van der Waals surface area contributed by atoms with Crippen LogP contribution in [-0.4, -0.2) is 52.5 Å². The number of benzene rings is 3. The van der Waals surface area contributed by atoms with E-state index in [4.69, 9.17) is 9.47 Å². The normalized spacial score (nSPS) is 12.0. The van der Waals surface area contributed by atoms with E-state index in [1.54, 1.807) is 60.7 Å². The monoisotopic (exact) mass is 525 g/mol. The van der Waals surface area contributed by atoms with E-state index in [2.05, 4.69) is 15.3 Å². The Morgan fingerprint density at radius 2 is 1.62 bits per heavy atom. The summed E-state index contributed by atoms with van der Waals surface area (Å²) < 4.78 is 41.7. The first-order chi connectivity index (χ1) is 17.7. The molecule has 0 aliphatic rings. The number of hydrazone groups is 1. The minimum Gasteiger partial charge on any atom is -0.482 e. The molecule has 11 heteroatoms. The highest BCUT2D eigenvalue weighted by Crippen LogP contribution is 2.27. The fourth-order valence-corrected chi connectivity index (χ4v) is 4.42. The summed E-state index contributed by atoms with van der Waals surface area (Å²) in [6, 6.07) is 21.1. The molecule has 1 atom stereocenters. The first-order valence-corrected chi connectivity index (χ1v) is 13.0. The number of carbonyl (C=O) groups excluding carboxylic acids is 2. The van der Waals surface area contributed by atoms with Crippen molar-refractivity contribution in [1.29, 1.82) is 0 Å². The van der Waals surface area contributed by atoms with Gasteiger partial charge in [0.25, 0.3) is 5.91 Å². The van der Waals surface area contributed by atoms with Gasteiger partial charge in [-0.2, -0.15) is 5.10 Å². The van der Waals surface area contributed by atoms with Gasteiger partial charge in [-0.25, -0.2) is 18.6 Å². The van der Waals surface area contributed by atoms with Crippen molar-refractivity contribution in [2.45, 2.75) is 13.0 Å². The van der Waals surface area contributed by atoms with Gasteiger partial charge < -0.3 is 14.2 Å². The maximum atomic E-state index is 12.7. The van der Waals surface area contributed by atoms with Crippen molar-refractivity contribution in [1.82, 2.24) is 5.43 Å². The highest BCUT2D eigenvalue weighted by atomic mass is 32.2. The van der Waals surface area contributed by atoms with Crippen LogP contribution in [-0.2, 0) is 24.3 Å². The SMILES string of the molecule is COC(=O)COc1cccc(/C=N\NC(=O)[C@@H](C)N(c2ccc(Oc3ccccc3)cc2)S(C)(=O)=O)c1. The predicted octanol–water partition coefficient (Wildman–Crippen LogP) is 3.34. The van der Waals surface area contributed by atoms with Crippen LogP contribution in [0.1, 0.15) is 12.5 Å². The average molecular weight is 526 g/mol. The molecule has 0 aliphatic heterocycles. The van der Waals surface area contributed by atoms with Gasteiger partial charge in [0.1, 0.15) is 23.3 Å². The molecular weight excluding hydrogens is 498 g/mol. The molecule has 0 aliphatic carbocycles. The Morgan fingerprint density at radius 1 is 0.973 bits per heavy atom. The maximum absolute atomic E-state index is 12.7. The molecule has 0 saturated carbocycles. The summed E-state index contributed by atoms with van der Waals surface area (Å²) in [6.07, 6.45) is 2.39. The Labute approximate surface area is 215 Å². The summed E-state index contributed by atoms with van der Waals surface area (Å²) in [6.45, 7) is 1.22. The van der Waals surface area contributed by atoms with Gasteiger partial charge in [-0.15, -0.1) is 0 Å². The van der Waals surface area contributed by atoms with E-state index in [0.29, 0.717) is 28.5 Å². The van der Waals surface area contributed by atoms with E-state index in [-0.39, 0.29) is 6.61 Å². The lowest BCUT2D eigenvalue weighted by Gasteiger charge is -2.27. The van der Waals surface area contributed by atoms with Gasteiger partial charge in [0.05, 0.1) is 25.3 Å². The summed E-state index contributed by atoms with van der Waals surface area (Å²) in [5, 5.41) is 3.92. The number of esters is 1. The molecule has 3 aromatic carbocycles. The van der Waals surface area contributed by atoms with Crippen LogP contribution >= 0.6 is 0 Å². The lowest BCUT2D eigenvalue weighted by molar-refractivity contribution is -0.142. The van der Waals surface area contributed by atoms with E-state index < -0.39 is 27.9 Å². The molecule has 0 bridgehead atoms. The van der Waals surface area contributed by atoms with Gasteiger partial charge >= 0.3 is 5.97 Å². The van der Waals surface area contributed by atoms with Crippen molar-refractivity contribution >= 4 is 33.8 Å². The van der Waals surface area contributed by atoms with Gasteiger partial charge in [0.2, 0.25) is 10.0 Å². The number of sulfonamides is 1. The van der Waals surface area contributed by atoms with E-state index in [9.17, 15) is 18.0 Å². The minimum absolute atomic E-state index is 0.244. The van der Waals surface area contributed by atoms with E-state index in [1.807, 2.05) is 18.2 Å². The molecule has 0 unspecified atom stereocenters. The lowest BCUT2D eigenvalue weighted by Crippen LogP contribution is -2.46. The molecule has 194 valence electrons. The van der Waals surface area contributed by atoms with Crippen LogP contribution in [0.4, 0.5) is 5.69 Å². The van der Waals surface area contributed by atoms with Gasteiger partial charge in [0.15, 0.2) is 6.61 Å². The molecular formula is C26H27N3O7S. The second-order valence-corrected chi connectivity index (χ2v) is 9.67. The zero-order valence-electron chi connectivity index (χ0n) is 20.5. The average Bonchev–Trinajstić information content (AvgIpc) is 2.88. The second kappa shape index (κ2) is 12.5. The molecule has 0 fully saturated rings. The van der Waals surface area contributed by atoms with Gasteiger partial charge in [-0.05, 0) is 61.0 Å². The number of carbonyl (C=O) groups is 2. The topological polar surface area (TPSA) is 124 Å². The molecule has 10 nitrogen and oxygen atoms in total. The Kier molecular flexibility index (Phi) is 9.22. The highest BCUT2D eigenvalue weighted by Gasteiger charge is 2.29. The van der Waals surface area contributed by atoms with Crippen LogP contribution in [0, 0.1) is 0 Å². The number of nitrogens with zero attached hydrogens (tertiary/aromatic N) is 2. The second-order valence-electron chi connectivity index (χ2n) is 7.82. The zero-order valence-corrected chi connectivity index (χ0v) is 21.3. The first-order valence-electron chi connectivity index (χ1n) is 11.1. The lowest BCUT2D eigenvalue weighted by atomic mass is 10.2. The number of para-hydroxylation sites is 1. The fraction of sp³-hybridized carbons (Fsp3) is 0.192. The third-order valence-corrected chi connectivity index (χ3v) is 6.23. The predicted molar refractivity (Wildman–Crippen MR) is 139 cm³/mol.